The lowest BCUT2D eigenvalue weighted by atomic mass is 10.1. The van der Waals surface area contributed by atoms with Gasteiger partial charge in [0.25, 0.3) is 17.0 Å². The third-order valence-electron chi connectivity index (χ3n) is 3.90. The van der Waals surface area contributed by atoms with Gasteiger partial charge in [0.05, 0.1) is 19.1 Å². The number of hydrogen-bond donors (Lipinski definition) is 1. The molecule has 1 N–H and O–H groups in total. The van der Waals surface area contributed by atoms with Gasteiger partial charge in [0.1, 0.15) is 11.3 Å². The van der Waals surface area contributed by atoms with Crippen LogP contribution < -0.4 is 14.8 Å². The van der Waals surface area contributed by atoms with E-state index in [1.54, 1.807) is 30.7 Å². The first-order chi connectivity index (χ1) is 13.1. The minimum absolute atomic E-state index is 0.279. The summed E-state index contributed by atoms with van der Waals surface area (Å²) in [6.07, 6.45) is 6.48. The topological polar surface area (TPSA) is 104 Å². The van der Waals surface area contributed by atoms with E-state index in [1.165, 1.54) is 20.3 Å². The average Bonchev–Trinajstić information content (AvgIpc) is 3.22. The fraction of sp³-hybridized carbons (Fsp3) is 0.111. The number of rotatable bonds is 4. The molecule has 136 valence electrons. The summed E-state index contributed by atoms with van der Waals surface area (Å²) in [6, 6.07) is 3.53. The van der Waals surface area contributed by atoms with Crippen LogP contribution >= 0.6 is 11.8 Å². The molecule has 0 bridgehead atoms. The summed E-state index contributed by atoms with van der Waals surface area (Å²) in [6.45, 7) is 0. The zero-order valence-electron chi connectivity index (χ0n) is 14.3. The summed E-state index contributed by atoms with van der Waals surface area (Å²) in [4.78, 5) is 31.8. The minimum Gasteiger partial charge on any atom is -0.491 e. The maximum Gasteiger partial charge on any atom is 0.290 e. The van der Waals surface area contributed by atoms with Crippen molar-refractivity contribution >= 4 is 40.0 Å². The molecule has 1 aliphatic rings. The largest absolute Gasteiger partial charge is 0.491 e. The van der Waals surface area contributed by atoms with E-state index in [0.717, 1.165) is 22.7 Å². The molecule has 27 heavy (non-hydrogen) atoms. The van der Waals surface area contributed by atoms with Crippen molar-refractivity contribution < 1.29 is 23.5 Å². The van der Waals surface area contributed by atoms with Crippen LogP contribution in [0.2, 0.25) is 0 Å². The number of fused-ring (bicyclic) bond motifs is 1. The van der Waals surface area contributed by atoms with Gasteiger partial charge in [0.15, 0.2) is 5.75 Å². The van der Waals surface area contributed by atoms with Gasteiger partial charge in [0.2, 0.25) is 0 Å². The second-order valence-electron chi connectivity index (χ2n) is 5.54. The number of hydrogen-bond acceptors (Lipinski definition) is 8. The number of aromatic nitrogens is 2. The minimum atomic E-state index is -0.437. The van der Waals surface area contributed by atoms with E-state index >= 15 is 0 Å². The van der Waals surface area contributed by atoms with Crippen molar-refractivity contribution in [3.63, 3.8) is 0 Å². The summed E-state index contributed by atoms with van der Waals surface area (Å²) in [5, 5.41) is 2.56. The molecule has 4 heterocycles. The molecule has 0 spiro atoms. The highest BCUT2D eigenvalue weighted by atomic mass is 32.2. The fourth-order valence-electron chi connectivity index (χ4n) is 2.69. The van der Waals surface area contributed by atoms with E-state index in [2.05, 4.69) is 15.3 Å². The zero-order chi connectivity index (χ0) is 19.0. The number of ether oxygens (including phenoxy) is 2. The molecular formula is C18H13N3O5S. The number of imide groups is 1. The fourth-order valence-corrected chi connectivity index (χ4v) is 3.35. The molecule has 8 nitrogen and oxygen atoms in total. The summed E-state index contributed by atoms with van der Waals surface area (Å²) in [5.41, 5.74) is 2.04. The lowest BCUT2D eigenvalue weighted by Gasteiger charge is -2.08. The highest BCUT2D eigenvalue weighted by Crippen LogP contribution is 2.35. The van der Waals surface area contributed by atoms with E-state index < -0.39 is 11.1 Å². The van der Waals surface area contributed by atoms with E-state index in [-0.39, 0.29) is 4.91 Å². The average molecular weight is 383 g/mol. The van der Waals surface area contributed by atoms with Crippen molar-refractivity contribution in [2.75, 3.05) is 14.2 Å². The monoisotopic (exact) mass is 383 g/mol. The van der Waals surface area contributed by atoms with Gasteiger partial charge in [-0.2, -0.15) is 0 Å². The number of nitrogens with one attached hydrogen (secondary N) is 1. The number of methoxy groups -OCH3 is 2. The molecule has 3 aromatic heterocycles. The first-order valence-corrected chi connectivity index (χ1v) is 8.61. The van der Waals surface area contributed by atoms with Crippen molar-refractivity contribution in [3.8, 4) is 22.8 Å². The van der Waals surface area contributed by atoms with Crippen LogP contribution in [-0.4, -0.2) is 35.3 Å². The normalized spacial score (nSPS) is 15.4. The van der Waals surface area contributed by atoms with Gasteiger partial charge in [-0.1, -0.05) is 0 Å². The summed E-state index contributed by atoms with van der Waals surface area (Å²) in [5.74, 6) is 0.867. The molecule has 3 aromatic rings. The van der Waals surface area contributed by atoms with Crippen molar-refractivity contribution in [1.29, 1.82) is 0 Å². The molecule has 0 unspecified atom stereocenters. The van der Waals surface area contributed by atoms with Crippen LogP contribution in [0.5, 0.6) is 11.6 Å². The Labute approximate surface area is 157 Å². The van der Waals surface area contributed by atoms with E-state index in [9.17, 15) is 9.59 Å². The van der Waals surface area contributed by atoms with E-state index in [4.69, 9.17) is 13.9 Å². The van der Waals surface area contributed by atoms with Gasteiger partial charge < -0.3 is 13.9 Å². The highest BCUT2D eigenvalue weighted by molar-refractivity contribution is 8.18. The molecule has 0 saturated carbocycles. The maximum atomic E-state index is 11.7. The Hall–Kier alpha value is -3.33. The SMILES string of the molecule is COc1cc(-c2cncc3cc(/C=C4/SC(=O)NC4=O)oc23)cnc1OC. The van der Waals surface area contributed by atoms with Crippen LogP contribution in [0.25, 0.3) is 28.2 Å². The van der Waals surface area contributed by atoms with E-state index in [0.29, 0.717) is 28.5 Å². The van der Waals surface area contributed by atoms with Crippen molar-refractivity contribution in [3.05, 3.63) is 41.4 Å². The Bertz CT molecular complexity index is 1110. The van der Waals surface area contributed by atoms with Crippen LogP contribution in [0.3, 0.4) is 0 Å². The molecule has 2 amide bonds. The van der Waals surface area contributed by atoms with Crippen molar-refractivity contribution in [2.24, 2.45) is 0 Å². The summed E-state index contributed by atoms with van der Waals surface area (Å²) >= 11 is 0.833. The molecule has 1 aliphatic heterocycles. The second kappa shape index (κ2) is 6.76. The van der Waals surface area contributed by atoms with E-state index in [1.807, 2.05) is 0 Å². The molecule has 9 heteroatoms. The third kappa shape index (κ3) is 3.13. The van der Waals surface area contributed by atoms with Crippen molar-refractivity contribution in [2.45, 2.75) is 0 Å². The lowest BCUT2D eigenvalue weighted by Crippen LogP contribution is -2.17. The van der Waals surface area contributed by atoms with Gasteiger partial charge in [0, 0.05) is 41.2 Å². The van der Waals surface area contributed by atoms with Crippen LogP contribution in [0.1, 0.15) is 5.76 Å². The molecule has 1 fully saturated rings. The summed E-state index contributed by atoms with van der Waals surface area (Å²) < 4.78 is 16.4. The third-order valence-corrected chi connectivity index (χ3v) is 4.71. The number of carbonyl (C=O) groups excluding carboxylic acids is 2. The summed E-state index contributed by atoms with van der Waals surface area (Å²) in [7, 11) is 3.05. The lowest BCUT2D eigenvalue weighted by molar-refractivity contribution is -0.115. The van der Waals surface area contributed by atoms with Gasteiger partial charge in [-0.3, -0.25) is 19.9 Å². The Morgan fingerprint density at radius 1 is 1.15 bits per heavy atom. The number of nitrogens with zero attached hydrogens (tertiary/aromatic N) is 2. The molecule has 0 radical (unpaired) electrons. The van der Waals surface area contributed by atoms with Gasteiger partial charge in [-0.05, 0) is 23.9 Å². The Morgan fingerprint density at radius 2 is 2.00 bits per heavy atom. The van der Waals surface area contributed by atoms with Crippen LogP contribution in [0.4, 0.5) is 4.79 Å². The van der Waals surface area contributed by atoms with Gasteiger partial charge in [-0.15, -0.1) is 0 Å². The maximum absolute atomic E-state index is 11.7. The first-order valence-electron chi connectivity index (χ1n) is 7.80. The molecule has 0 aromatic carbocycles. The Morgan fingerprint density at radius 3 is 2.70 bits per heavy atom. The van der Waals surface area contributed by atoms with Gasteiger partial charge >= 0.3 is 0 Å². The number of carbonyl (C=O) groups is 2. The molecule has 4 rings (SSSR count). The van der Waals surface area contributed by atoms with Crippen molar-refractivity contribution in [1.82, 2.24) is 15.3 Å². The molecule has 1 saturated heterocycles. The standard InChI is InChI=1S/C18H13N3O5S/c1-24-13-4-9(7-20-17(13)25-2)12-8-19-6-10-3-11(26-15(10)12)5-14-16(22)21-18(23)27-14/h3-8H,1-2H3,(H,21,22,23)/b14-5+. The second-order valence-corrected chi connectivity index (χ2v) is 6.56. The predicted octanol–water partition coefficient (Wildman–Crippen LogP) is 3.23. The first kappa shape index (κ1) is 17.1. The highest BCUT2D eigenvalue weighted by Gasteiger charge is 2.25. The van der Waals surface area contributed by atoms with Gasteiger partial charge in [-0.25, -0.2) is 4.98 Å². The molecular weight excluding hydrogens is 370 g/mol. The quantitative estimate of drug-likeness (QED) is 0.685. The number of thioether (sulfide) groups is 1. The molecule has 0 aliphatic carbocycles. The molecule has 0 atom stereocenters. The van der Waals surface area contributed by atoms with Crippen LogP contribution in [0.15, 0.2) is 40.0 Å². The number of amides is 2. The number of pyridine rings is 2. The van der Waals surface area contributed by atoms with Crippen LogP contribution in [0, 0.1) is 0 Å². The predicted molar refractivity (Wildman–Crippen MR) is 99.5 cm³/mol. The Kier molecular flexibility index (Phi) is 4.28. The van der Waals surface area contributed by atoms with Crippen LogP contribution in [-0.2, 0) is 4.79 Å². The Balaban J connectivity index is 1.79. The number of furan rings is 1. The smallest absolute Gasteiger partial charge is 0.290 e. The zero-order valence-corrected chi connectivity index (χ0v) is 15.1.